The van der Waals surface area contributed by atoms with E-state index in [0.717, 1.165) is 0 Å². The fraction of sp³-hybridized carbons (Fsp3) is 0.750. The van der Waals surface area contributed by atoms with Crippen molar-refractivity contribution in [2.75, 3.05) is 0 Å². The lowest BCUT2D eigenvalue weighted by atomic mass is 10.2. The standard InChI is InChI=1S/C8H14O4/c1-6(11-5-9)7(10)12-8(2,3)4/h5-6H,1-4H3. The molecule has 70 valence electrons. The van der Waals surface area contributed by atoms with Gasteiger partial charge in [-0.25, -0.2) is 4.79 Å². The van der Waals surface area contributed by atoms with Crippen molar-refractivity contribution in [2.24, 2.45) is 0 Å². The molecule has 0 aliphatic heterocycles. The van der Waals surface area contributed by atoms with Gasteiger partial charge in [0.05, 0.1) is 0 Å². The highest BCUT2D eigenvalue weighted by Crippen LogP contribution is 2.08. The molecule has 0 radical (unpaired) electrons. The van der Waals surface area contributed by atoms with Crippen LogP contribution >= 0.6 is 0 Å². The predicted octanol–water partition coefficient (Wildman–Crippen LogP) is 0.890. The third kappa shape index (κ3) is 4.71. The van der Waals surface area contributed by atoms with Gasteiger partial charge in [0, 0.05) is 0 Å². The molecule has 12 heavy (non-hydrogen) atoms. The topological polar surface area (TPSA) is 52.6 Å². The Morgan fingerprint density at radius 3 is 2.25 bits per heavy atom. The summed E-state index contributed by atoms with van der Waals surface area (Å²) in [5.41, 5.74) is -0.544. The van der Waals surface area contributed by atoms with Crippen LogP contribution in [0.1, 0.15) is 27.7 Å². The average molecular weight is 174 g/mol. The van der Waals surface area contributed by atoms with Crippen LogP contribution in [0.3, 0.4) is 0 Å². The van der Waals surface area contributed by atoms with Gasteiger partial charge in [-0.15, -0.1) is 0 Å². The fourth-order valence-corrected chi connectivity index (χ4v) is 0.524. The lowest BCUT2D eigenvalue weighted by molar-refractivity contribution is -0.169. The number of carbonyl (C=O) groups excluding carboxylic acids is 2. The van der Waals surface area contributed by atoms with Gasteiger partial charge in [-0.05, 0) is 27.7 Å². The van der Waals surface area contributed by atoms with Gasteiger partial charge in [0.1, 0.15) is 5.60 Å². The Labute approximate surface area is 71.8 Å². The van der Waals surface area contributed by atoms with Crippen molar-refractivity contribution < 1.29 is 19.1 Å². The van der Waals surface area contributed by atoms with Gasteiger partial charge in [0.25, 0.3) is 6.47 Å². The highest BCUT2D eigenvalue weighted by Gasteiger charge is 2.22. The van der Waals surface area contributed by atoms with Gasteiger partial charge in [-0.2, -0.15) is 0 Å². The van der Waals surface area contributed by atoms with Crippen molar-refractivity contribution in [3.05, 3.63) is 0 Å². The zero-order chi connectivity index (χ0) is 9.78. The van der Waals surface area contributed by atoms with E-state index in [0.29, 0.717) is 0 Å². The van der Waals surface area contributed by atoms with E-state index in [1.54, 1.807) is 20.8 Å². The highest BCUT2D eigenvalue weighted by atomic mass is 16.6. The molecular weight excluding hydrogens is 160 g/mol. The lowest BCUT2D eigenvalue weighted by Crippen LogP contribution is -2.31. The quantitative estimate of drug-likeness (QED) is 0.471. The second-order valence-electron chi connectivity index (χ2n) is 3.41. The molecule has 0 saturated heterocycles. The molecule has 0 aliphatic rings. The monoisotopic (exact) mass is 174 g/mol. The predicted molar refractivity (Wildman–Crippen MR) is 42.5 cm³/mol. The minimum absolute atomic E-state index is 0.231. The first-order chi connectivity index (χ1) is 5.37. The smallest absolute Gasteiger partial charge is 0.347 e. The molecule has 0 saturated carbocycles. The first kappa shape index (κ1) is 10.9. The number of rotatable bonds is 3. The van der Waals surface area contributed by atoms with Crippen molar-refractivity contribution in [3.63, 3.8) is 0 Å². The van der Waals surface area contributed by atoms with E-state index in [9.17, 15) is 9.59 Å². The summed E-state index contributed by atoms with van der Waals surface area (Å²) in [6.07, 6.45) is -0.832. The minimum atomic E-state index is -0.832. The number of hydrogen-bond acceptors (Lipinski definition) is 4. The molecular formula is C8H14O4. The van der Waals surface area contributed by atoms with Crippen molar-refractivity contribution >= 4 is 12.4 Å². The van der Waals surface area contributed by atoms with Gasteiger partial charge in [0.15, 0.2) is 6.10 Å². The van der Waals surface area contributed by atoms with Crippen LogP contribution in [-0.4, -0.2) is 24.1 Å². The van der Waals surface area contributed by atoms with Gasteiger partial charge < -0.3 is 9.47 Å². The maximum atomic E-state index is 11.0. The van der Waals surface area contributed by atoms with Crippen molar-refractivity contribution in [1.29, 1.82) is 0 Å². The van der Waals surface area contributed by atoms with Crippen LogP contribution in [0.5, 0.6) is 0 Å². The minimum Gasteiger partial charge on any atom is -0.457 e. The van der Waals surface area contributed by atoms with Gasteiger partial charge in [-0.1, -0.05) is 0 Å². The first-order valence-corrected chi connectivity index (χ1v) is 3.69. The second kappa shape index (κ2) is 4.09. The number of hydrogen-bond donors (Lipinski definition) is 0. The Morgan fingerprint density at radius 2 is 1.92 bits per heavy atom. The normalized spacial score (nSPS) is 13.3. The van der Waals surface area contributed by atoms with Crippen LogP contribution in [0, 0.1) is 0 Å². The molecule has 0 rings (SSSR count). The highest BCUT2D eigenvalue weighted by molar-refractivity contribution is 5.75. The Hall–Kier alpha value is -1.06. The molecule has 4 nitrogen and oxygen atoms in total. The van der Waals surface area contributed by atoms with E-state index in [1.165, 1.54) is 6.92 Å². The molecule has 0 fully saturated rings. The molecule has 0 aromatic heterocycles. The summed E-state index contributed by atoms with van der Waals surface area (Å²) < 4.78 is 9.32. The molecule has 1 atom stereocenters. The summed E-state index contributed by atoms with van der Waals surface area (Å²) in [6, 6.07) is 0. The Morgan fingerprint density at radius 1 is 1.42 bits per heavy atom. The molecule has 0 N–H and O–H groups in total. The zero-order valence-corrected chi connectivity index (χ0v) is 7.79. The average Bonchev–Trinajstić information content (AvgIpc) is 1.84. The van der Waals surface area contributed by atoms with Gasteiger partial charge >= 0.3 is 5.97 Å². The van der Waals surface area contributed by atoms with E-state index < -0.39 is 17.7 Å². The van der Waals surface area contributed by atoms with Crippen LogP contribution in [0.2, 0.25) is 0 Å². The number of carbonyl (C=O) groups is 2. The summed E-state index contributed by atoms with van der Waals surface area (Å²) in [5.74, 6) is -0.533. The summed E-state index contributed by atoms with van der Waals surface area (Å²) >= 11 is 0. The van der Waals surface area contributed by atoms with Crippen LogP contribution in [0.4, 0.5) is 0 Å². The molecule has 0 aliphatic carbocycles. The van der Waals surface area contributed by atoms with Crippen molar-refractivity contribution in [2.45, 2.75) is 39.4 Å². The molecule has 0 heterocycles. The van der Waals surface area contributed by atoms with E-state index in [4.69, 9.17) is 4.74 Å². The maximum Gasteiger partial charge on any atom is 0.347 e. The van der Waals surface area contributed by atoms with E-state index in [2.05, 4.69) is 4.74 Å². The molecule has 0 bridgehead atoms. The largest absolute Gasteiger partial charge is 0.457 e. The molecule has 0 amide bonds. The fourth-order valence-electron chi connectivity index (χ4n) is 0.524. The Balaban J connectivity index is 3.95. The van der Waals surface area contributed by atoms with Crippen LogP contribution < -0.4 is 0 Å². The second-order valence-corrected chi connectivity index (χ2v) is 3.41. The lowest BCUT2D eigenvalue weighted by Gasteiger charge is -2.21. The van der Waals surface area contributed by atoms with E-state index in [1.807, 2.05) is 0 Å². The van der Waals surface area contributed by atoms with Crippen LogP contribution in [-0.2, 0) is 19.1 Å². The summed E-state index contributed by atoms with van der Waals surface area (Å²) in [6.45, 7) is 6.94. The summed E-state index contributed by atoms with van der Waals surface area (Å²) in [7, 11) is 0. The van der Waals surface area contributed by atoms with Gasteiger partial charge in [0.2, 0.25) is 0 Å². The van der Waals surface area contributed by atoms with Crippen LogP contribution in [0.25, 0.3) is 0 Å². The number of ether oxygens (including phenoxy) is 2. The van der Waals surface area contributed by atoms with Gasteiger partial charge in [-0.3, -0.25) is 4.79 Å². The Bertz CT molecular complexity index is 168. The maximum absolute atomic E-state index is 11.0. The molecule has 0 aromatic rings. The van der Waals surface area contributed by atoms with E-state index >= 15 is 0 Å². The SMILES string of the molecule is CC(OC=O)C(=O)OC(C)(C)C. The molecule has 0 aromatic carbocycles. The Kier molecular flexibility index (Phi) is 3.73. The third-order valence-electron chi connectivity index (χ3n) is 0.998. The van der Waals surface area contributed by atoms with Crippen molar-refractivity contribution in [3.8, 4) is 0 Å². The van der Waals surface area contributed by atoms with Crippen LogP contribution in [0.15, 0.2) is 0 Å². The van der Waals surface area contributed by atoms with Crippen molar-refractivity contribution in [1.82, 2.24) is 0 Å². The number of esters is 1. The summed E-state index contributed by atoms with van der Waals surface area (Å²) in [5, 5.41) is 0. The summed E-state index contributed by atoms with van der Waals surface area (Å²) in [4.78, 5) is 20.9. The zero-order valence-electron chi connectivity index (χ0n) is 7.79. The molecule has 1 unspecified atom stereocenters. The first-order valence-electron chi connectivity index (χ1n) is 3.69. The van der Waals surface area contributed by atoms with E-state index in [-0.39, 0.29) is 6.47 Å². The third-order valence-corrected chi connectivity index (χ3v) is 0.998. The molecule has 0 spiro atoms. The molecule has 4 heteroatoms.